The smallest absolute Gasteiger partial charge is 0.248 e. The lowest BCUT2D eigenvalue weighted by molar-refractivity contribution is 0.100. The van der Waals surface area contributed by atoms with Gasteiger partial charge in [0.05, 0.1) is 5.52 Å². The first-order chi connectivity index (χ1) is 17.3. The molecule has 3 N–H and O–H groups in total. The molecule has 1 amide bonds. The second kappa shape index (κ2) is 9.67. The van der Waals surface area contributed by atoms with Gasteiger partial charge in [0.2, 0.25) is 5.91 Å². The first-order valence-electron chi connectivity index (χ1n) is 11.7. The van der Waals surface area contributed by atoms with Crippen molar-refractivity contribution in [1.82, 2.24) is 15.1 Å². The first-order valence-corrected chi connectivity index (χ1v) is 11.7. The minimum absolute atomic E-state index is 0.369. The molecule has 5 rings (SSSR count). The Morgan fingerprint density at radius 1 is 1.00 bits per heavy atom. The highest BCUT2D eigenvalue weighted by molar-refractivity contribution is 6.00. The van der Waals surface area contributed by atoms with Gasteiger partial charge in [0.25, 0.3) is 0 Å². The average molecular weight is 492 g/mol. The lowest BCUT2D eigenvalue weighted by atomic mass is 9.97. The summed E-state index contributed by atoms with van der Waals surface area (Å²) in [5, 5.41) is 8.44. The molecule has 1 aliphatic heterocycles. The number of hydrogen-bond donors (Lipinski definition) is 2. The molecule has 4 aromatic rings. The van der Waals surface area contributed by atoms with Crippen LogP contribution >= 0.6 is 0 Å². The molecule has 0 spiro atoms. The van der Waals surface area contributed by atoms with Crippen LogP contribution in [0.5, 0.6) is 0 Å². The van der Waals surface area contributed by atoms with Crippen molar-refractivity contribution in [3.8, 4) is 11.3 Å². The average Bonchev–Trinajstić information content (AvgIpc) is 3.27. The Balaban J connectivity index is 1.63. The van der Waals surface area contributed by atoms with Crippen LogP contribution in [0.3, 0.4) is 0 Å². The van der Waals surface area contributed by atoms with Crippen LogP contribution in [0.4, 0.5) is 14.5 Å². The minimum atomic E-state index is -0.684. The van der Waals surface area contributed by atoms with Crippen molar-refractivity contribution in [3.63, 3.8) is 0 Å². The van der Waals surface area contributed by atoms with Gasteiger partial charge in [-0.15, -0.1) is 0 Å². The number of fused-ring (bicyclic) bond motifs is 1. The molecule has 1 aromatic heterocycles. The first kappa shape index (κ1) is 23.9. The van der Waals surface area contributed by atoms with Gasteiger partial charge in [0.15, 0.2) is 0 Å². The van der Waals surface area contributed by atoms with E-state index in [1.165, 1.54) is 19.2 Å². The van der Waals surface area contributed by atoms with Crippen molar-refractivity contribution >= 4 is 22.5 Å². The fourth-order valence-electron chi connectivity index (χ4n) is 4.79. The van der Waals surface area contributed by atoms with E-state index in [2.05, 4.69) is 27.0 Å². The van der Waals surface area contributed by atoms with Crippen LogP contribution in [-0.2, 0) is 4.74 Å². The van der Waals surface area contributed by atoms with E-state index in [9.17, 15) is 13.6 Å². The maximum absolute atomic E-state index is 13.9. The van der Waals surface area contributed by atoms with E-state index < -0.39 is 23.6 Å². The number of nitrogens with one attached hydrogen (secondary N) is 1. The second-order valence-electron chi connectivity index (χ2n) is 9.08. The van der Waals surface area contributed by atoms with Gasteiger partial charge in [-0.3, -0.25) is 9.89 Å². The van der Waals surface area contributed by atoms with Gasteiger partial charge in [-0.1, -0.05) is 6.07 Å². The number of amides is 1. The van der Waals surface area contributed by atoms with Crippen LogP contribution in [0.25, 0.3) is 22.2 Å². The molecule has 1 atom stereocenters. The zero-order chi connectivity index (χ0) is 25.4. The molecule has 0 aliphatic carbocycles. The highest BCUT2D eigenvalue weighted by atomic mass is 19.1. The van der Waals surface area contributed by atoms with Gasteiger partial charge in [0, 0.05) is 61.6 Å². The molecule has 1 fully saturated rings. The van der Waals surface area contributed by atoms with Crippen molar-refractivity contribution in [2.45, 2.75) is 6.10 Å². The van der Waals surface area contributed by atoms with Crippen LogP contribution in [0.2, 0.25) is 0 Å². The quantitative estimate of drug-likeness (QED) is 0.424. The summed E-state index contributed by atoms with van der Waals surface area (Å²) in [6.07, 6.45) is -0.684. The summed E-state index contributed by atoms with van der Waals surface area (Å²) >= 11 is 0. The number of nitrogens with two attached hydrogens (primary N) is 1. The zero-order valence-corrected chi connectivity index (χ0v) is 20.1. The van der Waals surface area contributed by atoms with Gasteiger partial charge < -0.3 is 20.3 Å². The number of halogens is 2. The number of ether oxygens (including phenoxy) is 1. The largest absolute Gasteiger partial charge is 0.372 e. The maximum atomic E-state index is 13.9. The van der Waals surface area contributed by atoms with Crippen LogP contribution in [0.15, 0.2) is 54.6 Å². The number of carbonyl (C=O) groups excluding carboxylic acids is 1. The number of aromatic amines is 1. The maximum Gasteiger partial charge on any atom is 0.248 e. The number of nitrogens with zero attached hydrogens (tertiary/aromatic N) is 3. The van der Waals surface area contributed by atoms with Crippen molar-refractivity contribution in [1.29, 1.82) is 0 Å². The summed E-state index contributed by atoms with van der Waals surface area (Å²) in [6.45, 7) is 3.51. The van der Waals surface area contributed by atoms with Crippen LogP contribution in [-0.4, -0.2) is 61.3 Å². The summed E-state index contributed by atoms with van der Waals surface area (Å²) in [5.41, 5.74) is 10.3. The number of benzene rings is 3. The van der Waals surface area contributed by atoms with E-state index in [1.54, 1.807) is 12.1 Å². The number of rotatable bonds is 6. The number of carbonyl (C=O) groups is 1. The fourth-order valence-corrected chi connectivity index (χ4v) is 4.79. The number of methoxy groups -OCH3 is 1. The predicted molar refractivity (Wildman–Crippen MR) is 135 cm³/mol. The topological polar surface area (TPSA) is 87.5 Å². The van der Waals surface area contributed by atoms with Gasteiger partial charge in [-0.25, -0.2) is 8.78 Å². The normalized spacial score (nSPS) is 15.4. The molecule has 0 radical (unpaired) electrons. The van der Waals surface area contributed by atoms with E-state index in [4.69, 9.17) is 10.5 Å². The molecule has 3 aromatic carbocycles. The van der Waals surface area contributed by atoms with Crippen molar-refractivity contribution in [3.05, 3.63) is 82.9 Å². The summed E-state index contributed by atoms with van der Waals surface area (Å²) in [4.78, 5) is 16.6. The van der Waals surface area contributed by atoms with E-state index in [0.717, 1.165) is 54.4 Å². The SMILES string of the molecule is COC(c1cc(F)cc(F)c1)c1ccc2[nH]nc(-c3cc(C(N)=O)ccc3N3CCN(C)CC3)c2c1. The van der Waals surface area contributed by atoms with Crippen LogP contribution < -0.4 is 10.6 Å². The molecule has 1 aliphatic rings. The van der Waals surface area contributed by atoms with E-state index >= 15 is 0 Å². The molecule has 9 heteroatoms. The molecule has 1 unspecified atom stereocenters. The Labute approximate surface area is 207 Å². The number of primary amides is 1. The molecular formula is C27H27F2N5O2. The van der Waals surface area contributed by atoms with E-state index in [-0.39, 0.29) is 0 Å². The Kier molecular flexibility index (Phi) is 6.42. The van der Waals surface area contributed by atoms with Crippen molar-refractivity contribution in [2.75, 3.05) is 45.2 Å². The number of H-pyrrole nitrogens is 1. The lowest BCUT2D eigenvalue weighted by Crippen LogP contribution is -2.44. The van der Waals surface area contributed by atoms with Crippen LogP contribution in [0.1, 0.15) is 27.6 Å². The van der Waals surface area contributed by atoms with Gasteiger partial charge in [0.1, 0.15) is 23.4 Å². The summed E-state index contributed by atoms with van der Waals surface area (Å²) < 4.78 is 33.5. The predicted octanol–water partition coefficient (Wildman–Crippen LogP) is 4.09. The summed E-state index contributed by atoms with van der Waals surface area (Å²) in [6, 6.07) is 14.4. The van der Waals surface area contributed by atoms with E-state index in [1.807, 2.05) is 24.3 Å². The van der Waals surface area contributed by atoms with Gasteiger partial charge in [-0.05, 0) is 60.6 Å². The number of piperazine rings is 1. The Bertz CT molecular complexity index is 1410. The monoisotopic (exact) mass is 491 g/mol. The molecule has 2 heterocycles. The third-order valence-electron chi connectivity index (χ3n) is 6.69. The van der Waals surface area contributed by atoms with Crippen molar-refractivity contribution in [2.24, 2.45) is 5.73 Å². The van der Waals surface area contributed by atoms with Crippen LogP contribution in [0, 0.1) is 11.6 Å². The third kappa shape index (κ3) is 4.55. The molecule has 1 saturated heterocycles. The number of likely N-dealkylation sites (N-methyl/N-ethyl adjacent to an activating group) is 1. The second-order valence-corrected chi connectivity index (χ2v) is 9.08. The molecule has 36 heavy (non-hydrogen) atoms. The highest BCUT2D eigenvalue weighted by Crippen LogP contribution is 2.37. The molecule has 7 nitrogen and oxygen atoms in total. The minimum Gasteiger partial charge on any atom is -0.372 e. The van der Waals surface area contributed by atoms with E-state index in [0.29, 0.717) is 22.4 Å². The number of aromatic nitrogens is 2. The summed E-state index contributed by atoms with van der Waals surface area (Å²) in [7, 11) is 3.59. The molecule has 0 saturated carbocycles. The number of anilines is 1. The Morgan fingerprint density at radius 3 is 2.39 bits per heavy atom. The lowest BCUT2D eigenvalue weighted by Gasteiger charge is -2.35. The standard InChI is InChI=1S/C27H27F2N5O2/c1-33-7-9-34(10-8-33)24-6-4-17(27(30)35)14-22(24)25-21-13-16(3-5-23(21)31-32-25)26(36-2)18-11-19(28)15-20(29)12-18/h3-6,11-15,26H,7-10H2,1-2H3,(H2,30,35)(H,31,32). The molecule has 0 bridgehead atoms. The van der Waals surface area contributed by atoms with Crippen molar-refractivity contribution < 1.29 is 18.3 Å². The highest BCUT2D eigenvalue weighted by Gasteiger charge is 2.23. The van der Waals surface area contributed by atoms with Gasteiger partial charge in [-0.2, -0.15) is 5.10 Å². The molecule has 186 valence electrons. The Morgan fingerprint density at radius 2 is 1.72 bits per heavy atom. The number of hydrogen-bond acceptors (Lipinski definition) is 5. The van der Waals surface area contributed by atoms with Gasteiger partial charge >= 0.3 is 0 Å². The Hall–Kier alpha value is -3.82. The third-order valence-corrected chi connectivity index (χ3v) is 6.69. The summed E-state index contributed by atoms with van der Waals surface area (Å²) in [5.74, 6) is -1.86. The molecular weight excluding hydrogens is 464 g/mol. The fraction of sp³-hybridized carbons (Fsp3) is 0.259. The zero-order valence-electron chi connectivity index (χ0n) is 20.1.